The average Bonchev–Trinajstić information content (AvgIpc) is 2.95. The van der Waals surface area contributed by atoms with Gasteiger partial charge in [0.1, 0.15) is 58.7 Å². The molecule has 5 rings (SSSR count). The highest BCUT2D eigenvalue weighted by Gasteiger charge is 2.47. The van der Waals surface area contributed by atoms with Crippen LogP contribution in [0.1, 0.15) is 13.8 Å². The number of ether oxygens (including phenoxy) is 4. The third-order valence-electron chi connectivity index (χ3n) is 7.65. The van der Waals surface area contributed by atoms with Crippen molar-refractivity contribution in [1.29, 1.82) is 0 Å². The number of fused-ring (bicyclic) bond motifs is 1. The van der Waals surface area contributed by atoms with Crippen molar-refractivity contribution in [3.8, 4) is 34.3 Å². The molecule has 0 spiro atoms. The highest BCUT2D eigenvalue weighted by molar-refractivity contribution is 5.86. The molecule has 42 heavy (non-hydrogen) atoms. The molecule has 14 heteroatoms. The minimum atomic E-state index is -1.76. The van der Waals surface area contributed by atoms with Gasteiger partial charge in [-0.15, -0.1) is 0 Å². The third-order valence-corrected chi connectivity index (χ3v) is 7.65. The third kappa shape index (κ3) is 5.63. The molecule has 8 N–H and O–H groups in total. The molecule has 0 aliphatic carbocycles. The molecule has 3 aromatic rings. The predicted molar refractivity (Wildman–Crippen MR) is 142 cm³/mol. The van der Waals surface area contributed by atoms with Gasteiger partial charge in [0.05, 0.1) is 18.8 Å². The van der Waals surface area contributed by atoms with Crippen molar-refractivity contribution in [3.05, 3.63) is 46.6 Å². The highest BCUT2D eigenvalue weighted by atomic mass is 16.7. The van der Waals surface area contributed by atoms with Crippen molar-refractivity contribution in [2.45, 2.75) is 69.2 Å². The van der Waals surface area contributed by atoms with Crippen LogP contribution >= 0.6 is 0 Å². The fourth-order valence-electron chi connectivity index (χ4n) is 4.91. The molecule has 14 nitrogen and oxygen atoms in total. The van der Waals surface area contributed by atoms with Gasteiger partial charge in [0.15, 0.2) is 23.2 Å². The van der Waals surface area contributed by atoms with E-state index in [9.17, 15) is 45.6 Å². The second-order valence-corrected chi connectivity index (χ2v) is 10.5. The standard InChI is InChI=1S/C28H32O14/c1-10-11(2)39-27(25(36)22(10)33)38-9-20-23(34)24(35)26(37)28(42-20)40-13-6-16(31)21-17(32)8-18(41-19(21)7-13)12-3-4-14(29)15(30)5-12/h3-8,10-11,20,22-31,33-37H,9H2,1-2H3/t10-,11-,20+,22+,23+,24-,25+,26+,27+,28+/m0/s1. The average molecular weight is 593 g/mol. The Bertz CT molecular complexity index is 1490. The molecule has 3 heterocycles. The normalized spacial score (nSPS) is 33.5. The molecule has 0 amide bonds. The first-order chi connectivity index (χ1) is 19.8. The van der Waals surface area contributed by atoms with Crippen LogP contribution in [-0.4, -0.2) is 103 Å². The highest BCUT2D eigenvalue weighted by Crippen LogP contribution is 2.35. The van der Waals surface area contributed by atoms with Gasteiger partial charge >= 0.3 is 0 Å². The van der Waals surface area contributed by atoms with Gasteiger partial charge in [0, 0.05) is 29.7 Å². The molecular weight excluding hydrogens is 560 g/mol. The summed E-state index contributed by atoms with van der Waals surface area (Å²) in [6, 6.07) is 7.19. The van der Waals surface area contributed by atoms with Crippen LogP contribution in [0.25, 0.3) is 22.3 Å². The van der Waals surface area contributed by atoms with Crippen LogP contribution in [0.15, 0.2) is 45.6 Å². The molecule has 1 aromatic heterocycles. The minimum Gasteiger partial charge on any atom is -0.507 e. The first-order valence-corrected chi connectivity index (χ1v) is 13.2. The zero-order chi connectivity index (χ0) is 30.5. The fourth-order valence-corrected chi connectivity index (χ4v) is 4.91. The number of rotatable bonds is 6. The van der Waals surface area contributed by atoms with E-state index in [1.54, 1.807) is 13.8 Å². The largest absolute Gasteiger partial charge is 0.507 e. The van der Waals surface area contributed by atoms with Crippen LogP contribution in [-0.2, 0) is 14.2 Å². The van der Waals surface area contributed by atoms with E-state index in [2.05, 4.69) is 0 Å². The Kier molecular flexibility index (Phi) is 8.33. The topological polar surface area (TPSA) is 229 Å². The lowest BCUT2D eigenvalue weighted by Gasteiger charge is -2.42. The Morgan fingerprint density at radius 2 is 1.48 bits per heavy atom. The van der Waals surface area contributed by atoms with Gasteiger partial charge in [-0.05, 0) is 25.1 Å². The molecule has 2 saturated heterocycles. The quantitative estimate of drug-likeness (QED) is 0.175. The summed E-state index contributed by atoms with van der Waals surface area (Å²) >= 11 is 0. The molecule has 2 aliphatic rings. The molecule has 2 aromatic carbocycles. The number of phenolic OH excluding ortho intramolecular Hbond substituents is 3. The molecule has 2 aliphatic heterocycles. The summed E-state index contributed by atoms with van der Waals surface area (Å²) in [5.74, 6) is -1.84. The molecule has 0 unspecified atom stereocenters. The summed E-state index contributed by atoms with van der Waals surface area (Å²) in [5.41, 5.74) is -0.491. The molecule has 10 atom stereocenters. The molecule has 228 valence electrons. The zero-order valence-electron chi connectivity index (χ0n) is 22.5. The van der Waals surface area contributed by atoms with Crippen molar-refractivity contribution in [2.75, 3.05) is 6.61 Å². The maximum absolute atomic E-state index is 12.7. The van der Waals surface area contributed by atoms with Gasteiger partial charge in [-0.3, -0.25) is 4.79 Å². The van der Waals surface area contributed by atoms with Crippen molar-refractivity contribution < 1.29 is 64.2 Å². The fraction of sp³-hybridized carbons (Fsp3) is 0.464. The van der Waals surface area contributed by atoms with Crippen LogP contribution in [0, 0.1) is 5.92 Å². The van der Waals surface area contributed by atoms with Crippen molar-refractivity contribution in [1.82, 2.24) is 0 Å². The SMILES string of the molecule is C[C@@H]1[C@@H](O)[C@@H](O)[C@H](OC[C@H]2O[C@@H](Oc3cc(O)c4c(=O)cc(-c5ccc(O)c(O)c5)oc4c3)[C@H](O)[C@@H](O)[C@@H]2O)O[C@H]1C. The van der Waals surface area contributed by atoms with E-state index in [1.807, 2.05) is 0 Å². The van der Waals surface area contributed by atoms with Crippen molar-refractivity contribution in [2.24, 2.45) is 5.92 Å². The minimum absolute atomic E-state index is 0.00464. The number of benzene rings is 2. The van der Waals surface area contributed by atoms with Gasteiger partial charge in [0.2, 0.25) is 6.29 Å². The van der Waals surface area contributed by atoms with E-state index < -0.39 is 78.8 Å². The number of hydrogen-bond acceptors (Lipinski definition) is 14. The van der Waals surface area contributed by atoms with E-state index in [0.717, 1.165) is 12.1 Å². The van der Waals surface area contributed by atoms with E-state index in [0.29, 0.717) is 0 Å². The van der Waals surface area contributed by atoms with Crippen LogP contribution in [0.2, 0.25) is 0 Å². The Hall–Kier alpha value is -3.47. The Morgan fingerprint density at radius 1 is 0.762 bits per heavy atom. The number of aromatic hydroxyl groups is 3. The summed E-state index contributed by atoms with van der Waals surface area (Å²) < 4.78 is 28.2. The first-order valence-electron chi connectivity index (χ1n) is 13.2. The van der Waals surface area contributed by atoms with Crippen LogP contribution in [0.4, 0.5) is 0 Å². The maximum Gasteiger partial charge on any atom is 0.229 e. The predicted octanol–water partition coefficient (Wildman–Crippen LogP) is -0.118. The second kappa shape index (κ2) is 11.7. The van der Waals surface area contributed by atoms with E-state index in [1.165, 1.54) is 24.3 Å². The van der Waals surface area contributed by atoms with E-state index in [-0.39, 0.29) is 39.7 Å². The number of hydrogen-bond donors (Lipinski definition) is 8. The van der Waals surface area contributed by atoms with Crippen LogP contribution in [0.5, 0.6) is 23.0 Å². The Balaban J connectivity index is 1.36. The van der Waals surface area contributed by atoms with Gasteiger partial charge < -0.3 is 64.2 Å². The molecule has 0 saturated carbocycles. The number of aliphatic hydroxyl groups is 5. The van der Waals surface area contributed by atoms with Crippen molar-refractivity contribution >= 4 is 11.0 Å². The van der Waals surface area contributed by atoms with Gasteiger partial charge in [0.25, 0.3) is 0 Å². The monoisotopic (exact) mass is 592 g/mol. The molecule has 0 bridgehead atoms. The lowest BCUT2D eigenvalue weighted by atomic mass is 9.92. The zero-order valence-corrected chi connectivity index (χ0v) is 22.5. The van der Waals surface area contributed by atoms with Gasteiger partial charge in [-0.25, -0.2) is 0 Å². The molecular formula is C28H32O14. The summed E-state index contributed by atoms with van der Waals surface area (Å²) in [7, 11) is 0. The summed E-state index contributed by atoms with van der Waals surface area (Å²) in [6.45, 7) is 2.98. The van der Waals surface area contributed by atoms with E-state index >= 15 is 0 Å². The summed E-state index contributed by atoms with van der Waals surface area (Å²) in [4.78, 5) is 12.7. The summed E-state index contributed by atoms with van der Waals surface area (Å²) in [5, 5.41) is 81.8. The number of phenols is 3. The van der Waals surface area contributed by atoms with Gasteiger partial charge in [-0.1, -0.05) is 6.92 Å². The van der Waals surface area contributed by atoms with Gasteiger partial charge in [-0.2, -0.15) is 0 Å². The smallest absolute Gasteiger partial charge is 0.229 e. The second-order valence-electron chi connectivity index (χ2n) is 10.5. The Morgan fingerprint density at radius 3 is 2.19 bits per heavy atom. The van der Waals surface area contributed by atoms with Crippen molar-refractivity contribution in [3.63, 3.8) is 0 Å². The van der Waals surface area contributed by atoms with Crippen LogP contribution in [0.3, 0.4) is 0 Å². The lowest BCUT2D eigenvalue weighted by molar-refractivity contribution is -0.312. The first kappa shape index (κ1) is 30.0. The maximum atomic E-state index is 12.7. The van der Waals surface area contributed by atoms with Crippen LogP contribution < -0.4 is 10.2 Å². The molecule has 2 fully saturated rings. The summed E-state index contributed by atoms with van der Waals surface area (Å²) in [6.07, 6.45) is -12.2. The molecule has 0 radical (unpaired) electrons. The number of aliphatic hydroxyl groups excluding tert-OH is 5. The Labute approximate surface area is 238 Å². The lowest BCUT2D eigenvalue weighted by Crippen LogP contribution is -2.61. The van der Waals surface area contributed by atoms with E-state index in [4.69, 9.17) is 23.4 Å².